The van der Waals surface area contributed by atoms with Crippen LogP contribution >= 0.6 is 0 Å². The maximum Gasteiger partial charge on any atom is 0.307 e. The lowest BCUT2D eigenvalue weighted by Crippen LogP contribution is -2.19. The van der Waals surface area contributed by atoms with Crippen molar-refractivity contribution in [2.75, 3.05) is 19.0 Å². The molecule has 1 aromatic carbocycles. The summed E-state index contributed by atoms with van der Waals surface area (Å²) in [6.07, 6.45) is 1.45. The summed E-state index contributed by atoms with van der Waals surface area (Å²) in [7, 11) is 1.30. The molecular formula is C15H17N3O3. The van der Waals surface area contributed by atoms with Crippen LogP contribution in [0.2, 0.25) is 0 Å². The van der Waals surface area contributed by atoms with E-state index in [9.17, 15) is 9.59 Å². The quantitative estimate of drug-likeness (QED) is 0.358. The number of nitrogens with zero attached hydrogens (tertiary/aromatic N) is 1. The fourth-order valence-corrected chi connectivity index (χ4v) is 1.50. The number of methoxy groups -OCH3 is 1. The van der Waals surface area contributed by atoms with Crippen LogP contribution in [0, 0.1) is 18.3 Å². The summed E-state index contributed by atoms with van der Waals surface area (Å²) < 4.78 is 4.48. The molecule has 2 N–H and O–H groups in total. The SMILES string of the molecule is COC(=O)CCN/C=C(/C#N)C(=O)Nc1ccccc1C. The number of carbonyl (C=O) groups excluding carboxylic acids is 2. The third kappa shape index (κ3) is 5.37. The van der Waals surface area contributed by atoms with Gasteiger partial charge in [-0.2, -0.15) is 5.26 Å². The molecule has 0 saturated carbocycles. The molecule has 0 radical (unpaired) electrons. The second-order valence-electron chi connectivity index (χ2n) is 4.22. The number of nitriles is 1. The Kier molecular flexibility index (Phi) is 6.48. The summed E-state index contributed by atoms with van der Waals surface area (Å²) in [6, 6.07) is 9.09. The Balaban J connectivity index is 2.59. The number of para-hydroxylation sites is 1. The maximum atomic E-state index is 11.9. The molecule has 0 aliphatic heterocycles. The summed E-state index contributed by atoms with van der Waals surface area (Å²) in [5.74, 6) is -0.865. The Hall–Kier alpha value is -2.81. The number of esters is 1. The van der Waals surface area contributed by atoms with Crippen LogP contribution in [0.3, 0.4) is 0 Å². The third-order valence-corrected chi connectivity index (χ3v) is 2.71. The largest absolute Gasteiger partial charge is 0.469 e. The number of hydrogen-bond acceptors (Lipinski definition) is 5. The molecule has 0 unspecified atom stereocenters. The normalized spacial score (nSPS) is 10.4. The van der Waals surface area contributed by atoms with Crippen LogP contribution in [0.25, 0.3) is 0 Å². The highest BCUT2D eigenvalue weighted by Gasteiger charge is 2.10. The lowest BCUT2D eigenvalue weighted by atomic mass is 10.2. The number of carbonyl (C=O) groups is 2. The van der Waals surface area contributed by atoms with Crippen molar-refractivity contribution in [3.8, 4) is 6.07 Å². The van der Waals surface area contributed by atoms with E-state index >= 15 is 0 Å². The maximum absolute atomic E-state index is 11.9. The molecule has 0 spiro atoms. The first-order valence-electron chi connectivity index (χ1n) is 6.36. The molecular weight excluding hydrogens is 270 g/mol. The third-order valence-electron chi connectivity index (χ3n) is 2.71. The highest BCUT2D eigenvalue weighted by atomic mass is 16.5. The Morgan fingerprint density at radius 3 is 2.71 bits per heavy atom. The number of amides is 1. The van der Waals surface area contributed by atoms with Gasteiger partial charge in [0.15, 0.2) is 0 Å². The summed E-state index contributed by atoms with van der Waals surface area (Å²) in [5, 5.41) is 14.4. The zero-order chi connectivity index (χ0) is 15.7. The summed E-state index contributed by atoms with van der Waals surface area (Å²) >= 11 is 0. The van der Waals surface area contributed by atoms with Crippen LogP contribution in [0.1, 0.15) is 12.0 Å². The highest BCUT2D eigenvalue weighted by Crippen LogP contribution is 2.13. The van der Waals surface area contributed by atoms with Gasteiger partial charge in [0.2, 0.25) is 0 Å². The van der Waals surface area contributed by atoms with Gasteiger partial charge in [-0.3, -0.25) is 9.59 Å². The lowest BCUT2D eigenvalue weighted by molar-refractivity contribution is -0.140. The molecule has 0 atom stereocenters. The summed E-state index contributed by atoms with van der Waals surface area (Å²) in [6.45, 7) is 2.15. The molecule has 0 fully saturated rings. The van der Waals surface area contributed by atoms with Crippen LogP contribution in [0.15, 0.2) is 36.0 Å². The predicted octanol–water partition coefficient (Wildman–Crippen LogP) is 1.49. The average molecular weight is 287 g/mol. The van der Waals surface area contributed by atoms with Crippen molar-refractivity contribution >= 4 is 17.6 Å². The van der Waals surface area contributed by atoms with E-state index < -0.39 is 5.91 Å². The second kappa shape index (κ2) is 8.38. The number of hydrogen-bond donors (Lipinski definition) is 2. The number of aryl methyl sites for hydroxylation is 1. The van der Waals surface area contributed by atoms with Gasteiger partial charge in [-0.15, -0.1) is 0 Å². The Labute approximate surface area is 123 Å². The van der Waals surface area contributed by atoms with Crippen LogP contribution < -0.4 is 10.6 Å². The van der Waals surface area contributed by atoms with Crippen LogP contribution in [0.4, 0.5) is 5.69 Å². The van der Waals surface area contributed by atoms with Gasteiger partial charge in [0.1, 0.15) is 11.6 Å². The van der Waals surface area contributed by atoms with Gasteiger partial charge in [0.05, 0.1) is 13.5 Å². The molecule has 0 saturated heterocycles. The van der Waals surface area contributed by atoms with Gasteiger partial charge in [-0.25, -0.2) is 0 Å². The first kappa shape index (κ1) is 16.2. The number of benzene rings is 1. The molecule has 1 amide bonds. The molecule has 0 aromatic heterocycles. The predicted molar refractivity (Wildman–Crippen MR) is 78.1 cm³/mol. The number of rotatable bonds is 6. The smallest absolute Gasteiger partial charge is 0.307 e. The zero-order valence-electron chi connectivity index (χ0n) is 12.0. The average Bonchev–Trinajstić information content (AvgIpc) is 2.49. The second-order valence-corrected chi connectivity index (χ2v) is 4.22. The van der Waals surface area contributed by atoms with Gasteiger partial charge in [0.25, 0.3) is 5.91 Å². The Bertz CT molecular complexity index is 588. The molecule has 21 heavy (non-hydrogen) atoms. The van der Waals surface area contributed by atoms with Crippen LogP contribution in [-0.2, 0) is 14.3 Å². The van der Waals surface area contributed by atoms with Gasteiger partial charge in [-0.05, 0) is 18.6 Å². The van der Waals surface area contributed by atoms with E-state index in [-0.39, 0.29) is 24.5 Å². The van der Waals surface area contributed by atoms with E-state index in [0.29, 0.717) is 5.69 Å². The number of anilines is 1. The van der Waals surface area contributed by atoms with Gasteiger partial charge >= 0.3 is 5.97 Å². The molecule has 0 bridgehead atoms. The minimum atomic E-state index is -0.502. The van der Waals surface area contributed by atoms with Crippen LogP contribution in [-0.4, -0.2) is 25.5 Å². The zero-order valence-corrected chi connectivity index (χ0v) is 12.0. The molecule has 110 valence electrons. The van der Waals surface area contributed by atoms with Gasteiger partial charge < -0.3 is 15.4 Å². The van der Waals surface area contributed by atoms with Crippen molar-refractivity contribution in [3.63, 3.8) is 0 Å². The van der Waals surface area contributed by atoms with Crippen LogP contribution in [0.5, 0.6) is 0 Å². The lowest BCUT2D eigenvalue weighted by Gasteiger charge is -2.07. The summed E-state index contributed by atoms with van der Waals surface area (Å²) in [5.41, 5.74) is 1.49. The van der Waals surface area contributed by atoms with E-state index in [2.05, 4.69) is 15.4 Å². The minimum absolute atomic E-state index is 0.0666. The first-order chi connectivity index (χ1) is 10.1. The van der Waals surface area contributed by atoms with Crippen molar-refractivity contribution in [1.82, 2.24) is 5.32 Å². The molecule has 6 nitrogen and oxygen atoms in total. The van der Waals surface area contributed by atoms with Crippen molar-refractivity contribution in [2.24, 2.45) is 0 Å². The standard InChI is InChI=1S/C15H17N3O3/c1-11-5-3-4-6-13(11)18-15(20)12(9-16)10-17-8-7-14(19)21-2/h3-6,10,17H,7-8H2,1-2H3,(H,18,20)/b12-10-. The fourth-order valence-electron chi connectivity index (χ4n) is 1.50. The molecule has 0 aliphatic rings. The Morgan fingerprint density at radius 2 is 2.10 bits per heavy atom. The van der Waals surface area contributed by atoms with E-state index in [1.54, 1.807) is 12.1 Å². The topological polar surface area (TPSA) is 91.2 Å². The first-order valence-corrected chi connectivity index (χ1v) is 6.36. The van der Waals surface area contributed by atoms with Gasteiger partial charge in [0, 0.05) is 18.4 Å². The summed E-state index contributed by atoms with van der Waals surface area (Å²) in [4.78, 5) is 22.9. The molecule has 1 aromatic rings. The van der Waals surface area contributed by atoms with Crippen molar-refractivity contribution < 1.29 is 14.3 Å². The van der Waals surface area contributed by atoms with E-state index in [1.165, 1.54) is 13.3 Å². The fraction of sp³-hybridized carbons (Fsp3) is 0.267. The number of ether oxygens (including phenoxy) is 1. The van der Waals surface area contributed by atoms with Crippen molar-refractivity contribution in [1.29, 1.82) is 5.26 Å². The highest BCUT2D eigenvalue weighted by molar-refractivity contribution is 6.06. The number of nitrogens with one attached hydrogen (secondary N) is 2. The monoisotopic (exact) mass is 287 g/mol. The van der Waals surface area contributed by atoms with E-state index in [0.717, 1.165) is 5.56 Å². The van der Waals surface area contributed by atoms with Crippen molar-refractivity contribution in [2.45, 2.75) is 13.3 Å². The van der Waals surface area contributed by atoms with E-state index in [4.69, 9.17) is 5.26 Å². The van der Waals surface area contributed by atoms with Gasteiger partial charge in [-0.1, -0.05) is 18.2 Å². The van der Waals surface area contributed by atoms with Crippen molar-refractivity contribution in [3.05, 3.63) is 41.6 Å². The Morgan fingerprint density at radius 1 is 1.38 bits per heavy atom. The molecule has 6 heteroatoms. The molecule has 1 rings (SSSR count). The van der Waals surface area contributed by atoms with E-state index in [1.807, 2.05) is 25.1 Å². The molecule has 0 aliphatic carbocycles. The minimum Gasteiger partial charge on any atom is -0.469 e. The molecule has 0 heterocycles.